The van der Waals surface area contributed by atoms with Crippen LogP contribution < -0.4 is 14.8 Å². The molecule has 130 valence electrons. The molecule has 0 unspecified atom stereocenters. The van der Waals surface area contributed by atoms with Crippen molar-refractivity contribution in [2.75, 3.05) is 6.79 Å². The van der Waals surface area contributed by atoms with E-state index in [1.54, 1.807) is 0 Å². The molecule has 0 saturated heterocycles. The Hall–Kier alpha value is -2.80. The number of hydrogen-bond donors (Lipinski definition) is 2. The Kier molecular flexibility index (Phi) is 4.15. The van der Waals surface area contributed by atoms with Gasteiger partial charge in [-0.15, -0.1) is 0 Å². The predicted molar refractivity (Wildman–Crippen MR) is 93.4 cm³/mol. The van der Waals surface area contributed by atoms with Crippen LogP contribution in [-0.2, 0) is 13.1 Å². The monoisotopic (exact) mass is 339 g/mol. The van der Waals surface area contributed by atoms with Crippen molar-refractivity contribution in [2.24, 2.45) is 0 Å². The molecule has 1 aliphatic heterocycles. The SMILES string of the molecule is Cc1cnn(C[C@@H](C)NCc2cn[nH]c2-c2ccc3c(c2)OCO3)c1. The van der Waals surface area contributed by atoms with E-state index in [1.807, 2.05) is 48.4 Å². The summed E-state index contributed by atoms with van der Waals surface area (Å²) >= 11 is 0. The second kappa shape index (κ2) is 6.60. The van der Waals surface area contributed by atoms with Gasteiger partial charge in [0.15, 0.2) is 11.5 Å². The molecule has 0 saturated carbocycles. The van der Waals surface area contributed by atoms with Crippen LogP contribution in [0.15, 0.2) is 36.8 Å². The summed E-state index contributed by atoms with van der Waals surface area (Å²) in [6, 6.07) is 6.22. The van der Waals surface area contributed by atoms with Crippen LogP contribution in [0.2, 0.25) is 0 Å². The average molecular weight is 339 g/mol. The van der Waals surface area contributed by atoms with Crippen molar-refractivity contribution in [1.29, 1.82) is 0 Å². The summed E-state index contributed by atoms with van der Waals surface area (Å²) in [6.07, 6.45) is 5.78. The van der Waals surface area contributed by atoms with E-state index in [9.17, 15) is 0 Å². The Labute approximate surface area is 146 Å². The van der Waals surface area contributed by atoms with Crippen LogP contribution in [0.1, 0.15) is 18.1 Å². The largest absolute Gasteiger partial charge is 0.454 e. The number of rotatable bonds is 6. The maximum atomic E-state index is 5.46. The number of H-pyrrole nitrogens is 1. The normalized spacial score (nSPS) is 14.0. The molecule has 0 aliphatic carbocycles. The lowest BCUT2D eigenvalue weighted by Crippen LogP contribution is -2.30. The summed E-state index contributed by atoms with van der Waals surface area (Å²) in [7, 11) is 0. The summed E-state index contributed by atoms with van der Waals surface area (Å²) in [6.45, 7) is 6.02. The number of ether oxygens (including phenoxy) is 2. The van der Waals surface area contributed by atoms with Crippen molar-refractivity contribution >= 4 is 0 Å². The first-order valence-corrected chi connectivity index (χ1v) is 8.34. The first-order valence-electron chi connectivity index (χ1n) is 8.34. The lowest BCUT2D eigenvalue weighted by Gasteiger charge is -2.14. The van der Waals surface area contributed by atoms with E-state index in [4.69, 9.17) is 9.47 Å². The van der Waals surface area contributed by atoms with E-state index < -0.39 is 0 Å². The van der Waals surface area contributed by atoms with Crippen molar-refractivity contribution in [1.82, 2.24) is 25.3 Å². The Morgan fingerprint density at radius 1 is 1.28 bits per heavy atom. The van der Waals surface area contributed by atoms with Crippen molar-refractivity contribution in [3.8, 4) is 22.8 Å². The first-order chi connectivity index (χ1) is 12.2. The van der Waals surface area contributed by atoms with Gasteiger partial charge in [0.1, 0.15) is 0 Å². The van der Waals surface area contributed by atoms with E-state index in [0.717, 1.165) is 41.4 Å². The van der Waals surface area contributed by atoms with Crippen LogP contribution in [0, 0.1) is 6.92 Å². The number of nitrogens with one attached hydrogen (secondary N) is 2. The van der Waals surface area contributed by atoms with Gasteiger partial charge in [0.2, 0.25) is 6.79 Å². The quantitative estimate of drug-likeness (QED) is 0.721. The number of aromatic nitrogens is 4. The Morgan fingerprint density at radius 3 is 3.00 bits per heavy atom. The minimum atomic E-state index is 0.278. The van der Waals surface area contributed by atoms with Crippen LogP contribution in [0.3, 0.4) is 0 Å². The van der Waals surface area contributed by atoms with E-state index in [1.165, 1.54) is 5.56 Å². The van der Waals surface area contributed by atoms with Crippen molar-refractivity contribution < 1.29 is 9.47 Å². The number of fused-ring (bicyclic) bond motifs is 1. The molecule has 0 amide bonds. The van der Waals surface area contributed by atoms with Crippen molar-refractivity contribution in [2.45, 2.75) is 33.0 Å². The maximum Gasteiger partial charge on any atom is 0.231 e. The highest BCUT2D eigenvalue weighted by Gasteiger charge is 2.16. The van der Waals surface area contributed by atoms with Gasteiger partial charge in [-0.25, -0.2) is 0 Å². The van der Waals surface area contributed by atoms with Gasteiger partial charge < -0.3 is 14.8 Å². The Balaban J connectivity index is 1.43. The van der Waals surface area contributed by atoms with Gasteiger partial charge in [0.05, 0.1) is 24.6 Å². The van der Waals surface area contributed by atoms with Crippen LogP contribution >= 0.6 is 0 Å². The molecule has 7 nitrogen and oxygen atoms in total. The highest BCUT2D eigenvalue weighted by atomic mass is 16.7. The van der Waals surface area contributed by atoms with Gasteiger partial charge in [-0.2, -0.15) is 10.2 Å². The minimum Gasteiger partial charge on any atom is -0.454 e. The summed E-state index contributed by atoms with van der Waals surface area (Å²) < 4.78 is 12.8. The molecular formula is C18H21N5O2. The van der Waals surface area contributed by atoms with Crippen LogP contribution in [0.4, 0.5) is 0 Å². The van der Waals surface area contributed by atoms with E-state index in [-0.39, 0.29) is 6.79 Å². The molecule has 1 atom stereocenters. The smallest absolute Gasteiger partial charge is 0.231 e. The molecule has 7 heteroatoms. The fraction of sp³-hybridized carbons (Fsp3) is 0.333. The number of hydrogen-bond acceptors (Lipinski definition) is 5. The molecule has 3 aromatic rings. The Bertz CT molecular complexity index is 870. The van der Waals surface area contributed by atoms with Gasteiger partial charge in [0, 0.05) is 29.9 Å². The summed E-state index contributed by atoms with van der Waals surface area (Å²) in [5, 5.41) is 15.1. The van der Waals surface area contributed by atoms with Gasteiger partial charge in [0.25, 0.3) is 0 Å². The highest BCUT2D eigenvalue weighted by molar-refractivity contribution is 5.66. The number of benzene rings is 1. The van der Waals surface area contributed by atoms with E-state index in [2.05, 4.69) is 27.5 Å². The summed E-state index contributed by atoms with van der Waals surface area (Å²) in [5.41, 5.74) is 4.32. The van der Waals surface area contributed by atoms with Gasteiger partial charge in [-0.1, -0.05) is 0 Å². The molecule has 0 radical (unpaired) electrons. The van der Waals surface area contributed by atoms with E-state index >= 15 is 0 Å². The fourth-order valence-corrected chi connectivity index (χ4v) is 2.94. The first kappa shape index (κ1) is 15.7. The minimum absolute atomic E-state index is 0.278. The molecule has 1 aromatic carbocycles. The zero-order chi connectivity index (χ0) is 17.2. The zero-order valence-corrected chi connectivity index (χ0v) is 14.3. The third kappa shape index (κ3) is 3.36. The Morgan fingerprint density at radius 2 is 2.16 bits per heavy atom. The van der Waals surface area contributed by atoms with Crippen molar-refractivity contribution in [3.63, 3.8) is 0 Å². The van der Waals surface area contributed by atoms with Crippen LogP contribution in [0.5, 0.6) is 11.5 Å². The molecule has 0 spiro atoms. The number of nitrogens with zero attached hydrogens (tertiary/aromatic N) is 3. The maximum absolute atomic E-state index is 5.46. The zero-order valence-electron chi connectivity index (χ0n) is 14.3. The predicted octanol–water partition coefficient (Wildman–Crippen LogP) is 2.49. The van der Waals surface area contributed by atoms with Crippen LogP contribution in [-0.4, -0.2) is 32.8 Å². The molecule has 2 N–H and O–H groups in total. The summed E-state index contributed by atoms with van der Waals surface area (Å²) in [5.74, 6) is 1.56. The lowest BCUT2D eigenvalue weighted by molar-refractivity contribution is 0.174. The number of aryl methyl sites for hydroxylation is 1. The van der Waals surface area contributed by atoms with Gasteiger partial charge in [-0.3, -0.25) is 9.78 Å². The van der Waals surface area contributed by atoms with Crippen LogP contribution in [0.25, 0.3) is 11.3 Å². The lowest BCUT2D eigenvalue weighted by atomic mass is 10.1. The van der Waals surface area contributed by atoms with Gasteiger partial charge >= 0.3 is 0 Å². The molecule has 2 aromatic heterocycles. The fourth-order valence-electron chi connectivity index (χ4n) is 2.94. The van der Waals surface area contributed by atoms with Gasteiger partial charge in [-0.05, 0) is 37.6 Å². The number of aromatic amines is 1. The molecule has 0 fully saturated rings. The molecule has 0 bridgehead atoms. The summed E-state index contributed by atoms with van der Waals surface area (Å²) in [4.78, 5) is 0. The van der Waals surface area contributed by atoms with Crippen molar-refractivity contribution in [3.05, 3.63) is 47.9 Å². The topological polar surface area (TPSA) is 77.0 Å². The second-order valence-corrected chi connectivity index (χ2v) is 6.36. The molecule has 25 heavy (non-hydrogen) atoms. The second-order valence-electron chi connectivity index (χ2n) is 6.36. The molecule has 4 rings (SSSR count). The molecule has 3 heterocycles. The van der Waals surface area contributed by atoms with E-state index in [0.29, 0.717) is 6.04 Å². The average Bonchev–Trinajstić information content (AvgIpc) is 3.32. The third-order valence-corrected chi connectivity index (χ3v) is 4.24. The molecular weight excluding hydrogens is 318 g/mol. The third-order valence-electron chi connectivity index (χ3n) is 4.24. The molecule has 1 aliphatic rings. The standard InChI is InChI=1S/C18H21N5O2/c1-12-6-21-23(9-12)10-13(2)19-7-15-8-20-22-18(15)14-3-4-16-17(5-14)25-11-24-16/h3-6,8-9,13,19H,7,10-11H2,1-2H3,(H,20,22)/t13-/m1/s1. The highest BCUT2D eigenvalue weighted by Crippen LogP contribution is 2.36.